The predicted octanol–water partition coefficient (Wildman–Crippen LogP) is 13.0. The van der Waals surface area contributed by atoms with Gasteiger partial charge in [0.2, 0.25) is 0 Å². The van der Waals surface area contributed by atoms with E-state index < -0.39 is 5.41 Å². The van der Waals surface area contributed by atoms with Crippen molar-refractivity contribution >= 4 is 17.1 Å². The molecule has 1 spiro atoms. The van der Waals surface area contributed by atoms with Crippen molar-refractivity contribution < 1.29 is 4.74 Å². The summed E-state index contributed by atoms with van der Waals surface area (Å²) in [6, 6.07) is 72.1. The zero-order valence-corrected chi connectivity index (χ0v) is 27.9. The monoisotopic (exact) mass is 651 g/mol. The Morgan fingerprint density at radius 1 is 0.333 bits per heavy atom. The largest absolute Gasteiger partial charge is 0.457 e. The molecule has 1 heterocycles. The Morgan fingerprint density at radius 2 is 0.824 bits per heavy atom. The fraction of sp³-hybridized carbons (Fsp3) is 0.0204. The lowest BCUT2D eigenvalue weighted by molar-refractivity contribution is 0.436. The molecule has 0 saturated heterocycles. The van der Waals surface area contributed by atoms with E-state index >= 15 is 0 Å². The number of ether oxygens (including phenoxy) is 1. The maximum Gasteiger partial charge on any atom is 0.132 e. The molecule has 0 saturated carbocycles. The quantitative estimate of drug-likeness (QED) is 0.184. The lowest BCUT2D eigenvalue weighted by Crippen LogP contribution is -2.32. The molecule has 0 fully saturated rings. The lowest BCUT2D eigenvalue weighted by atomic mass is 9.66. The number of benzene rings is 8. The van der Waals surface area contributed by atoms with Crippen molar-refractivity contribution in [1.82, 2.24) is 0 Å². The number of hydrogen-bond acceptors (Lipinski definition) is 2. The van der Waals surface area contributed by atoms with Crippen LogP contribution in [0.1, 0.15) is 22.3 Å². The van der Waals surface area contributed by atoms with Gasteiger partial charge >= 0.3 is 0 Å². The van der Waals surface area contributed by atoms with Crippen LogP contribution >= 0.6 is 0 Å². The zero-order chi connectivity index (χ0) is 33.8. The number of nitrogens with zero attached hydrogens (tertiary/aromatic N) is 1. The number of fused-ring (bicyclic) bond motifs is 9. The van der Waals surface area contributed by atoms with Crippen LogP contribution < -0.4 is 9.64 Å². The van der Waals surface area contributed by atoms with E-state index in [1.807, 2.05) is 0 Å². The zero-order valence-electron chi connectivity index (χ0n) is 27.9. The van der Waals surface area contributed by atoms with E-state index in [-0.39, 0.29) is 0 Å². The molecule has 2 aliphatic rings. The summed E-state index contributed by atoms with van der Waals surface area (Å²) in [5.41, 5.74) is 14.9. The molecule has 8 aromatic rings. The highest BCUT2D eigenvalue weighted by Gasteiger charge is 2.51. The highest BCUT2D eigenvalue weighted by atomic mass is 16.5. The minimum atomic E-state index is -0.546. The first-order valence-corrected chi connectivity index (χ1v) is 17.5. The van der Waals surface area contributed by atoms with Gasteiger partial charge in [0.05, 0.1) is 11.1 Å². The molecule has 1 aliphatic carbocycles. The topological polar surface area (TPSA) is 12.5 Å². The molecule has 0 amide bonds. The Morgan fingerprint density at radius 3 is 1.51 bits per heavy atom. The van der Waals surface area contributed by atoms with Gasteiger partial charge in [-0.15, -0.1) is 0 Å². The van der Waals surface area contributed by atoms with Crippen LogP contribution in [-0.2, 0) is 5.41 Å². The molecule has 51 heavy (non-hydrogen) atoms. The van der Waals surface area contributed by atoms with E-state index in [2.05, 4.69) is 205 Å². The Balaban J connectivity index is 1.24. The summed E-state index contributed by atoms with van der Waals surface area (Å²) in [5, 5.41) is 0. The molecule has 0 aromatic heterocycles. The van der Waals surface area contributed by atoms with Gasteiger partial charge in [-0.3, -0.25) is 0 Å². The van der Waals surface area contributed by atoms with Crippen molar-refractivity contribution in [2.24, 2.45) is 0 Å². The van der Waals surface area contributed by atoms with Gasteiger partial charge < -0.3 is 9.64 Å². The average Bonchev–Trinajstić information content (AvgIpc) is 3.49. The predicted molar refractivity (Wildman–Crippen MR) is 209 cm³/mol. The fourth-order valence-electron chi connectivity index (χ4n) is 8.37. The first kappa shape index (κ1) is 29.3. The van der Waals surface area contributed by atoms with Crippen molar-refractivity contribution in [3.63, 3.8) is 0 Å². The summed E-state index contributed by atoms with van der Waals surface area (Å²) in [6.45, 7) is 0. The molecule has 2 heteroatoms. The molecular weight excluding hydrogens is 619 g/mol. The van der Waals surface area contributed by atoms with Gasteiger partial charge in [0.1, 0.15) is 11.5 Å². The van der Waals surface area contributed by atoms with Crippen molar-refractivity contribution in [1.29, 1.82) is 0 Å². The molecule has 0 bridgehead atoms. The third-order valence-electron chi connectivity index (χ3n) is 10.6. The fourth-order valence-corrected chi connectivity index (χ4v) is 8.37. The van der Waals surface area contributed by atoms with Crippen LogP contribution in [-0.4, -0.2) is 0 Å². The summed E-state index contributed by atoms with van der Waals surface area (Å²) >= 11 is 0. The van der Waals surface area contributed by atoms with Gasteiger partial charge in [-0.05, 0) is 81.4 Å². The second-order valence-corrected chi connectivity index (χ2v) is 13.3. The SMILES string of the molecule is c1ccc(-c2ccc(N(c3ccc4c(c3)C3(c5ccccc5Oc5ccccc53)c3ccccc3-4)c3ccccc3-c3ccccc3)cc2)cc1. The standard InChI is InChI=1S/C49H33NO/c1-3-15-34(16-4-1)35-27-29-37(30-28-35)50(46-24-12-8-19-39(46)36-17-5-2-6-18-36)38-31-32-41-40-20-7-9-21-42(40)49(45(41)33-38)43-22-10-13-25-47(43)51-48-26-14-11-23-44(48)49/h1-33H. The van der Waals surface area contributed by atoms with Crippen LogP contribution in [0.5, 0.6) is 11.5 Å². The van der Waals surface area contributed by atoms with Crippen molar-refractivity contribution in [3.05, 3.63) is 222 Å². The maximum atomic E-state index is 6.61. The Bertz CT molecular complexity index is 2510. The summed E-state index contributed by atoms with van der Waals surface area (Å²) < 4.78 is 6.61. The third kappa shape index (κ3) is 4.50. The van der Waals surface area contributed by atoms with Crippen molar-refractivity contribution in [2.45, 2.75) is 5.41 Å². The number of anilines is 3. The molecule has 10 rings (SSSR count). The van der Waals surface area contributed by atoms with Crippen LogP contribution in [0.15, 0.2) is 200 Å². The van der Waals surface area contributed by atoms with Gasteiger partial charge in [-0.2, -0.15) is 0 Å². The Kier molecular flexibility index (Phi) is 6.75. The molecule has 1 aliphatic heterocycles. The lowest BCUT2D eigenvalue weighted by Gasteiger charge is -2.39. The normalized spacial score (nSPS) is 13.0. The minimum absolute atomic E-state index is 0.546. The molecule has 0 atom stereocenters. The maximum absolute atomic E-state index is 6.61. The van der Waals surface area contributed by atoms with Crippen LogP contribution in [0.2, 0.25) is 0 Å². The highest BCUT2D eigenvalue weighted by molar-refractivity contribution is 5.93. The van der Waals surface area contributed by atoms with Crippen LogP contribution in [0.3, 0.4) is 0 Å². The van der Waals surface area contributed by atoms with E-state index in [1.54, 1.807) is 0 Å². The highest BCUT2D eigenvalue weighted by Crippen LogP contribution is 2.62. The third-order valence-corrected chi connectivity index (χ3v) is 10.6. The molecule has 0 radical (unpaired) electrons. The second-order valence-electron chi connectivity index (χ2n) is 13.3. The summed E-state index contributed by atoms with van der Waals surface area (Å²) in [5.74, 6) is 1.79. The van der Waals surface area contributed by atoms with Crippen molar-refractivity contribution in [3.8, 4) is 44.9 Å². The summed E-state index contributed by atoms with van der Waals surface area (Å²) in [7, 11) is 0. The molecule has 240 valence electrons. The van der Waals surface area contributed by atoms with Gasteiger partial charge in [0.15, 0.2) is 0 Å². The van der Waals surface area contributed by atoms with Gasteiger partial charge in [-0.1, -0.05) is 158 Å². The average molecular weight is 652 g/mol. The number of para-hydroxylation sites is 3. The first-order valence-electron chi connectivity index (χ1n) is 17.5. The number of hydrogen-bond donors (Lipinski definition) is 0. The molecule has 8 aromatic carbocycles. The second kappa shape index (κ2) is 11.8. The van der Waals surface area contributed by atoms with E-state index in [1.165, 1.54) is 44.5 Å². The smallest absolute Gasteiger partial charge is 0.132 e. The molecule has 2 nitrogen and oxygen atoms in total. The van der Waals surface area contributed by atoms with E-state index in [0.29, 0.717) is 0 Å². The van der Waals surface area contributed by atoms with Gasteiger partial charge in [0.25, 0.3) is 0 Å². The van der Waals surface area contributed by atoms with Crippen LogP contribution in [0.4, 0.5) is 17.1 Å². The Labute approximate surface area is 298 Å². The van der Waals surface area contributed by atoms with Gasteiger partial charge in [0, 0.05) is 28.1 Å². The summed E-state index contributed by atoms with van der Waals surface area (Å²) in [6.07, 6.45) is 0. The first-order chi connectivity index (χ1) is 25.3. The van der Waals surface area contributed by atoms with Gasteiger partial charge in [-0.25, -0.2) is 0 Å². The van der Waals surface area contributed by atoms with Crippen LogP contribution in [0.25, 0.3) is 33.4 Å². The molecule has 0 unspecified atom stereocenters. The molecule has 0 N–H and O–H groups in total. The van der Waals surface area contributed by atoms with Crippen molar-refractivity contribution in [2.75, 3.05) is 4.90 Å². The summed E-state index contributed by atoms with van der Waals surface area (Å²) in [4.78, 5) is 2.42. The number of rotatable bonds is 5. The Hall–Kier alpha value is -6.64. The van der Waals surface area contributed by atoms with Crippen LogP contribution in [0, 0.1) is 0 Å². The van der Waals surface area contributed by atoms with E-state index in [4.69, 9.17) is 4.74 Å². The van der Waals surface area contributed by atoms with E-state index in [0.717, 1.165) is 39.7 Å². The van der Waals surface area contributed by atoms with E-state index in [9.17, 15) is 0 Å². The minimum Gasteiger partial charge on any atom is -0.457 e. The molecular formula is C49H33NO.